The van der Waals surface area contributed by atoms with Gasteiger partial charge in [-0.25, -0.2) is 8.42 Å². The zero-order chi connectivity index (χ0) is 26.3. The van der Waals surface area contributed by atoms with E-state index in [9.17, 15) is 18.0 Å². The molecule has 0 spiro atoms. The van der Waals surface area contributed by atoms with E-state index in [4.69, 9.17) is 4.42 Å². The maximum Gasteiger partial charge on any atom is 0.243 e. The Bertz CT molecular complexity index is 1270. The predicted molar refractivity (Wildman–Crippen MR) is 138 cm³/mol. The summed E-state index contributed by atoms with van der Waals surface area (Å²) in [7, 11) is -3.96. The van der Waals surface area contributed by atoms with Crippen LogP contribution in [0.25, 0.3) is 0 Å². The summed E-state index contributed by atoms with van der Waals surface area (Å²) >= 11 is 0. The summed E-state index contributed by atoms with van der Waals surface area (Å²) in [5.74, 6) is 0.795. The van der Waals surface area contributed by atoms with Crippen molar-refractivity contribution in [3.63, 3.8) is 0 Å². The molecule has 0 fully saturated rings. The molecule has 1 aromatic heterocycles. The van der Waals surface area contributed by atoms with Gasteiger partial charge < -0.3 is 14.6 Å². The van der Waals surface area contributed by atoms with Gasteiger partial charge in [-0.1, -0.05) is 44.2 Å². The minimum atomic E-state index is -3.96. The molecule has 0 atom stereocenters. The van der Waals surface area contributed by atoms with E-state index >= 15 is 0 Å². The van der Waals surface area contributed by atoms with E-state index in [0.29, 0.717) is 18.0 Å². The van der Waals surface area contributed by atoms with Gasteiger partial charge in [-0.05, 0) is 54.8 Å². The van der Waals surface area contributed by atoms with Gasteiger partial charge in [-0.3, -0.25) is 9.59 Å². The first kappa shape index (κ1) is 27.2. The van der Waals surface area contributed by atoms with E-state index in [1.165, 1.54) is 35.5 Å². The fourth-order valence-electron chi connectivity index (χ4n) is 3.76. The van der Waals surface area contributed by atoms with Crippen molar-refractivity contribution in [3.05, 3.63) is 83.8 Å². The number of sulfonamides is 1. The zero-order valence-electron chi connectivity index (χ0n) is 21.1. The quantitative estimate of drug-likeness (QED) is 0.411. The number of carbonyl (C=O) groups excluding carboxylic acids is 2. The lowest BCUT2D eigenvalue weighted by Gasteiger charge is -2.28. The summed E-state index contributed by atoms with van der Waals surface area (Å²) < 4.78 is 34.0. The van der Waals surface area contributed by atoms with Gasteiger partial charge >= 0.3 is 0 Å². The van der Waals surface area contributed by atoms with Crippen molar-refractivity contribution in [2.45, 2.75) is 45.7 Å². The van der Waals surface area contributed by atoms with E-state index in [2.05, 4.69) is 5.32 Å². The first-order chi connectivity index (χ1) is 17.0. The number of hydrogen-bond acceptors (Lipinski definition) is 5. The SMILES string of the molecule is CC(=O)Nc1ccc(S(=O)(=O)N(CC(=O)N(Cc2ccccc2)Cc2ccc(C)o2)CC(C)C)cc1. The van der Waals surface area contributed by atoms with E-state index < -0.39 is 10.0 Å². The first-order valence-electron chi connectivity index (χ1n) is 11.8. The Hall–Kier alpha value is -3.43. The van der Waals surface area contributed by atoms with Crippen LogP contribution in [-0.4, -0.2) is 42.5 Å². The van der Waals surface area contributed by atoms with Gasteiger partial charge in [0.05, 0.1) is 18.0 Å². The molecule has 0 saturated heterocycles. The van der Waals surface area contributed by atoms with Crippen molar-refractivity contribution in [1.29, 1.82) is 0 Å². The van der Waals surface area contributed by atoms with Crippen LogP contribution in [0.4, 0.5) is 5.69 Å². The maximum atomic E-state index is 13.5. The fourth-order valence-corrected chi connectivity index (χ4v) is 5.32. The fraction of sp³-hybridized carbons (Fsp3) is 0.333. The van der Waals surface area contributed by atoms with Gasteiger partial charge in [0.15, 0.2) is 0 Å². The minimum Gasteiger partial charge on any atom is -0.464 e. The molecule has 0 radical (unpaired) electrons. The van der Waals surface area contributed by atoms with E-state index in [0.717, 1.165) is 11.3 Å². The average Bonchev–Trinajstić information content (AvgIpc) is 3.23. The average molecular weight is 512 g/mol. The van der Waals surface area contributed by atoms with Crippen LogP contribution in [0.2, 0.25) is 0 Å². The van der Waals surface area contributed by atoms with Gasteiger partial charge in [-0.2, -0.15) is 4.31 Å². The van der Waals surface area contributed by atoms with Crippen molar-refractivity contribution in [2.75, 3.05) is 18.4 Å². The van der Waals surface area contributed by atoms with E-state index in [1.54, 1.807) is 4.90 Å². The third kappa shape index (κ3) is 7.53. The van der Waals surface area contributed by atoms with Crippen LogP contribution < -0.4 is 5.32 Å². The predicted octanol–water partition coefficient (Wildman–Crippen LogP) is 4.42. The van der Waals surface area contributed by atoms with Gasteiger partial charge in [0.2, 0.25) is 21.8 Å². The number of hydrogen-bond donors (Lipinski definition) is 1. The molecule has 8 nitrogen and oxygen atoms in total. The van der Waals surface area contributed by atoms with Crippen molar-refractivity contribution >= 4 is 27.5 Å². The second-order valence-electron chi connectivity index (χ2n) is 9.14. The molecule has 1 N–H and O–H groups in total. The summed E-state index contributed by atoms with van der Waals surface area (Å²) in [6.07, 6.45) is 0. The molecule has 0 bridgehead atoms. The van der Waals surface area contributed by atoms with Crippen LogP contribution in [0.5, 0.6) is 0 Å². The van der Waals surface area contributed by atoms with E-state index in [1.807, 2.05) is 63.2 Å². The molecular formula is C27H33N3O5S. The summed E-state index contributed by atoms with van der Waals surface area (Å²) in [4.78, 5) is 26.5. The van der Waals surface area contributed by atoms with Gasteiger partial charge in [-0.15, -0.1) is 0 Å². The number of carbonyl (C=O) groups is 2. The first-order valence-corrected chi connectivity index (χ1v) is 13.2. The lowest BCUT2D eigenvalue weighted by atomic mass is 10.2. The second kappa shape index (κ2) is 12.0. The summed E-state index contributed by atoms with van der Waals surface area (Å²) in [5.41, 5.74) is 1.43. The topological polar surface area (TPSA) is 99.9 Å². The van der Waals surface area contributed by atoms with Gasteiger partial charge in [0.25, 0.3) is 0 Å². The lowest BCUT2D eigenvalue weighted by molar-refractivity contribution is -0.133. The van der Waals surface area contributed by atoms with Crippen molar-refractivity contribution in [3.8, 4) is 0 Å². The van der Waals surface area contributed by atoms with Crippen LogP contribution in [0, 0.1) is 12.8 Å². The smallest absolute Gasteiger partial charge is 0.243 e. The van der Waals surface area contributed by atoms with Crippen molar-refractivity contribution in [1.82, 2.24) is 9.21 Å². The largest absolute Gasteiger partial charge is 0.464 e. The molecule has 0 saturated carbocycles. The molecule has 0 aliphatic carbocycles. The molecule has 0 unspecified atom stereocenters. The summed E-state index contributed by atoms with van der Waals surface area (Å²) in [5, 5.41) is 2.62. The summed E-state index contributed by atoms with van der Waals surface area (Å²) in [6, 6.07) is 19.1. The van der Waals surface area contributed by atoms with Crippen LogP contribution >= 0.6 is 0 Å². The number of rotatable bonds is 11. The third-order valence-electron chi connectivity index (χ3n) is 5.40. The highest BCUT2D eigenvalue weighted by atomic mass is 32.2. The Labute approximate surface area is 213 Å². The molecule has 192 valence electrons. The molecule has 1 heterocycles. The Balaban J connectivity index is 1.86. The molecule has 2 aromatic carbocycles. The third-order valence-corrected chi connectivity index (χ3v) is 7.23. The monoisotopic (exact) mass is 511 g/mol. The Kier molecular flexibility index (Phi) is 9.06. The number of furan rings is 1. The van der Waals surface area contributed by atoms with E-state index in [-0.39, 0.29) is 42.3 Å². The number of amides is 2. The Morgan fingerprint density at radius 2 is 1.61 bits per heavy atom. The highest BCUT2D eigenvalue weighted by Crippen LogP contribution is 2.21. The number of nitrogens with zero attached hydrogens (tertiary/aromatic N) is 2. The van der Waals surface area contributed by atoms with Crippen LogP contribution in [0.15, 0.2) is 76.0 Å². The highest BCUT2D eigenvalue weighted by Gasteiger charge is 2.29. The molecule has 3 rings (SSSR count). The van der Waals surface area contributed by atoms with Crippen molar-refractivity contribution in [2.24, 2.45) is 5.92 Å². The van der Waals surface area contributed by atoms with Crippen LogP contribution in [-0.2, 0) is 32.7 Å². The summed E-state index contributed by atoms with van der Waals surface area (Å²) in [6.45, 7) is 7.44. The molecular weight excluding hydrogens is 478 g/mol. The highest BCUT2D eigenvalue weighted by molar-refractivity contribution is 7.89. The lowest BCUT2D eigenvalue weighted by Crippen LogP contribution is -2.43. The standard InChI is InChI=1S/C27H33N3O5S/c1-20(2)16-30(36(33,34)26-14-11-24(12-15-26)28-22(4)31)19-27(32)29(17-23-8-6-5-7-9-23)18-25-13-10-21(3)35-25/h5-15,20H,16-19H2,1-4H3,(H,28,31). The minimum absolute atomic E-state index is 0.00141. The van der Waals surface area contributed by atoms with Gasteiger partial charge in [0.1, 0.15) is 11.5 Å². The number of aryl methyl sites for hydroxylation is 1. The van der Waals surface area contributed by atoms with Gasteiger partial charge in [0, 0.05) is 25.7 Å². The Morgan fingerprint density at radius 3 is 2.17 bits per heavy atom. The number of anilines is 1. The molecule has 0 aliphatic heterocycles. The second-order valence-corrected chi connectivity index (χ2v) is 11.1. The molecule has 36 heavy (non-hydrogen) atoms. The maximum absolute atomic E-state index is 13.5. The molecule has 0 aliphatic rings. The zero-order valence-corrected chi connectivity index (χ0v) is 21.9. The molecule has 9 heteroatoms. The van der Waals surface area contributed by atoms with Crippen LogP contribution in [0.1, 0.15) is 37.9 Å². The normalized spacial score (nSPS) is 11.6. The Morgan fingerprint density at radius 1 is 0.944 bits per heavy atom. The molecule has 2 amide bonds. The van der Waals surface area contributed by atoms with Crippen LogP contribution in [0.3, 0.4) is 0 Å². The number of nitrogens with one attached hydrogen (secondary N) is 1. The molecule has 3 aromatic rings. The number of benzene rings is 2. The van der Waals surface area contributed by atoms with Crippen molar-refractivity contribution < 1.29 is 22.4 Å².